The first-order valence-electron chi connectivity index (χ1n) is 8.92. The summed E-state index contributed by atoms with van der Waals surface area (Å²) in [6.45, 7) is 4.98. The lowest BCUT2D eigenvalue weighted by molar-refractivity contribution is -0.118. The Morgan fingerprint density at radius 2 is 1.74 bits per heavy atom. The van der Waals surface area contributed by atoms with Crippen LogP contribution in [0, 0.1) is 0 Å². The third-order valence-corrected chi connectivity index (χ3v) is 6.34. The first kappa shape index (κ1) is 20.5. The number of fused-ring (bicyclic) bond motifs is 2. The fraction of sp³-hybridized carbons (Fsp3) is 0.350. The normalized spacial score (nSPS) is 17.0. The van der Waals surface area contributed by atoms with Crippen LogP contribution in [0.25, 0.3) is 0 Å². The number of piperazine rings is 1. The highest BCUT2D eigenvalue weighted by atomic mass is 35.5. The Labute approximate surface area is 175 Å². The number of nitrogens with zero attached hydrogens (tertiary/aromatic N) is 3. The zero-order valence-electron chi connectivity index (χ0n) is 15.2. The summed E-state index contributed by atoms with van der Waals surface area (Å²) in [5, 5.41) is 0.653. The van der Waals surface area contributed by atoms with Crippen molar-refractivity contribution in [1.82, 2.24) is 9.80 Å². The van der Waals surface area contributed by atoms with E-state index >= 15 is 0 Å². The monoisotopic (exact) mass is 423 g/mol. The first-order valence-corrected chi connectivity index (χ1v) is 10.1. The zero-order chi connectivity index (χ0) is 18.1. The van der Waals surface area contributed by atoms with Gasteiger partial charge in [-0.2, -0.15) is 0 Å². The van der Waals surface area contributed by atoms with E-state index in [1.807, 2.05) is 41.3 Å². The van der Waals surface area contributed by atoms with E-state index < -0.39 is 0 Å². The molecule has 0 N–H and O–H groups in total. The number of benzene rings is 2. The third-order valence-electron chi connectivity index (χ3n) is 4.98. The lowest BCUT2D eigenvalue weighted by Crippen LogP contribution is -2.45. The van der Waals surface area contributed by atoms with Gasteiger partial charge >= 0.3 is 0 Å². The molecule has 0 unspecified atom stereocenters. The molecular formula is C20H23Cl2N3OS. The van der Waals surface area contributed by atoms with Crippen molar-refractivity contribution in [1.29, 1.82) is 0 Å². The maximum atomic E-state index is 13.2. The van der Waals surface area contributed by atoms with Gasteiger partial charge in [0.2, 0.25) is 5.91 Å². The first-order chi connectivity index (χ1) is 12.6. The average molecular weight is 424 g/mol. The number of anilines is 2. The van der Waals surface area contributed by atoms with Crippen molar-refractivity contribution in [3.8, 4) is 0 Å². The van der Waals surface area contributed by atoms with Gasteiger partial charge in [-0.25, -0.2) is 0 Å². The molecule has 144 valence electrons. The molecule has 0 spiro atoms. The van der Waals surface area contributed by atoms with Crippen molar-refractivity contribution in [2.24, 2.45) is 0 Å². The molecule has 4 nitrogen and oxygen atoms in total. The number of rotatable bonds is 3. The van der Waals surface area contributed by atoms with Crippen LogP contribution in [0.3, 0.4) is 0 Å². The zero-order valence-corrected chi connectivity index (χ0v) is 17.6. The Balaban J connectivity index is 0.00000210. The molecule has 0 atom stereocenters. The number of hydrogen-bond donors (Lipinski definition) is 0. The summed E-state index contributed by atoms with van der Waals surface area (Å²) < 4.78 is 0. The van der Waals surface area contributed by atoms with Gasteiger partial charge in [0.05, 0.1) is 11.4 Å². The number of carbonyl (C=O) groups is 1. The van der Waals surface area contributed by atoms with E-state index in [1.54, 1.807) is 11.8 Å². The molecule has 2 aromatic rings. The number of para-hydroxylation sites is 1. The second kappa shape index (κ2) is 8.84. The predicted octanol–water partition coefficient (Wildman–Crippen LogP) is 4.53. The molecule has 7 heteroatoms. The molecule has 0 aliphatic carbocycles. The van der Waals surface area contributed by atoms with E-state index in [2.05, 4.69) is 22.9 Å². The summed E-state index contributed by atoms with van der Waals surface area (Å²) in [5.41, 5.74) is 1.85. The minimum atomic E-state index is 0. The van der Waals surface area contributed by atoms with Crippen LogP contribution in [-0.4, -0.2) is 55.5 Å². The molecule has 27 heavy (non-hydrogen) atoms. The lowest BCUT2D eigenvalue weighted by atomic mass is 10.2. The van der Waals surface area contributed by atoms with E-state index in [1.165, 1.54) is 0 Å². The summed E-state index contributed by atoms with van der Waals surface area (Å²) in [6, 6.07) is 13.9. The molecule has 2 aliphatic rings. The van der Waals surface area contributed by atoms with Crippen LogP contribution in [0.15, 0.2) is 52.3 Å². The van der Waals surface area contributed by atoms with Crippen LogP contribution in [0.2, 0.25) is 5.02 Å². The highest BCUT2D eigenvalue weighted by molar-refractivity contribution is 7.99. The van der Waals surface area contributed by atoms with Crippen molar-refractivity contribution in [3.63, 3.8) is 0 Å². The Morgan fingerprint density at radius 1 is 1.04 bits per heavy atom. The van der Waals surface area contributed by atoms with Crippen LogP contribution in [-0.2, 0) is 4.79 Å². The van der Waals surface area contributed by atoms with E-state index in [-0.39, 0.29) is 18.3 Å². The molecule has 0 bridgehead atoms. The summed E-state index contributed by atoms with van der Waals surface area (Å²) in [5.74, 6) is 0.125. The van der Waals surface area contributed by atoms with Crippen molar-refractivity contribution in [2.75, 3.05) is 44.7 Å². The Kier molecular flexibility index (Phi) is 6.71. The Hall–Kier alpha value is -1.24. The van der Waals surface area contributed by atoms with Crippen molar-refractivity contribution >= 4 is 53.1 Å². The molecule has 1 saturated heterocycles. The van der Waals surface area contributed by atoms with Crippen LogP contribution >= 0.6 is 35.8 Å². The third kappa shape index (κ3) is 4.44. The largest absolute Gasteiger partial charge is 0.304 e. The summed E-state index contributed by atoms with van der Waals surface area (Å²) in [6.07, 6.45) is 0.509. The maximum Gasteiger partial charge on any atom is 0.232 e. The van der Waals surface area contributed by atoms with E-state index in [4.69, 9.17) is 11.6 Å². The van der Waals surface area contributed by atoms with Gasteiger partial charge in [0.15, 0.2) is 0 Å². The van der Waals surface area contributed by atoms with Gasteiger partial charge in [0, 0.05) is 54.0 Å². The fourth-order valence-corrected chi connectivity index (χ4v) is 4.64. The molecule has 0 radical (unpaired) electrons. The molecule has 0 saturated carbocycles. The quantitative estimate of drug-likeness (QED) is 0.724. The number of halogens is 2. The van der Waals surface area contributed by atoms with Crippen LogP contribution in [0.1, 0.15) is 6.42 Å². The topological polar surface area (TPSA) is 26.8 Å². The minimum absolute atomic E-state index is 0. The fourth-order valence-electron chi connectivity index (χ4n) is 3.43. The van der Waals surface area contributed by atoms with Gasteiger partial charge in [-0.05, 0) is 37.4 Å². The van der Waals surface area contributed by atoms with Crippen LogP contribution in [0.5, 0.6) is 0 Å². The Morgan fingerprint density at radius 3 is 2.52 bits per heavy atom. The lowest BCUT2D eigenvalue weighted by Gasteiger charge is -2.34. The van der Waals surface area contributed by atoms with Gasteiger partial charge in [-0.1, -0.05) is 35.5 Å². The van der Waals surface area contributed by atoms with Crippen molar-refractivity contribution in [2.45, 2.75) is 16.2 Å². The molecule has 1 amide bonds. The molecule has 0 aromatic heterocycles. The van der Waals surface area contributed by atoms with Crippen molar-refractivity contribution < 1.29 is 4.79 Å². The van der Waals surface area contributed by atoms with E-state index in [9.17, 15) is 4.79 Å². The number of hydrogen-bond acceptors (Lipinski definition) is 4. The molecule has 2 aromatic carbocycles. The minimum Gasteiger partial charge on any atom is -0.304 e. The molecular weight excluding hydrogens is 401 g/mol. The highest BCUT2D eigenvalue weighted by Crippen LogP contribution is 2.48. The SMILES string of the molecule is CN1CCN(CCC(=O)N2c3ccccc3Sc3ccc(Cl)cc32)CC1.Cl. The summed E-state index contributed by atoms with van der Waals surface area (Å²) in [4.78, 5) is 21.9. The van der Waals surface area contributed by atoms with Gasteiger partial charge in [-0.15, -0.1) is 12.4 Å². The smallest absolute Gasteiger partial charge is 0.232 e. The second-order valence-corrected chi connectivity index (χ2v) is 8.33. The summed E-state index contributed by atoms with van der Waals surface area (Å²) in [7, 11) is 2.14. The van der Waals surface area contributed by atoms with Gasteiger partial charge in [0.25, 0.3) is 0 Å². The number of carbonyl (C=O) groups excluding carboxylic acids is 1. The standard InChI is InChI=1S/C20H22ClN3OS.ClH/c1-22-10-12-23(13-11-22)9-8-20(25)24-16-4-2-3-5-18(16)26-19-7-6-15(21)14-17(19)24;/h2-7,14H,8-13H2,1H3;1H. The molecule has 2 heterocycles. The maximum absolute atomic E-state index is 13.2. The van der Waals surface area contributed by atoms with Gasteiger partial charge < -0.3 is 9.80 Å². The van der Waals surface area contributed by atoms with Crippen LogP contribution < -0.4 is 4.90 Å². The average Bonchev–Trinajstić information content (AvgIpc) is 2.65. The highest BCUT2D eigenvalue weighted by Gasteiger charge is 2.28. The van der Waals surface area contributed by atoms with Gasteiger partial charge in [0.1, 0.15) is 0 Å². The molecule has 1 fully saturated rings. The Bertz CT molecular complexity index is 825. The molecule has 4 rings (SSSR count). The van der Waals surface area contributed by atoms with E-state index in [0.29, 0.717) is 11.4 Å². The van der Waals surface area contributed by atoms with E-state index in [0.717, 1.165) is 53.9 Å². The second-order valence-electron chi connectivity index (χ2n) is 6.81. The molecule has 2 aliphatic heterocycles. The van der Waals surface area contributed by atoms with Crippen molar-refractivity contribution in [3.05, 3.63) is 47.5 Å². The van der Waals surface area contributed by atoms with Crippen LogP contribution in [0.4, 0.5) is 11.4 Å². The predicted molar refractivity (Wildman–Crippen MR) is 115 cm³/mol. The summed E-state index contributed by atoms with van der Waals surface area (Å²) >= 11 is 7.92. The van der Waals surface area contributed by atoms with Gasteiger partial charge in [-0.3, -0.25) is 9.69 Å². The number of amides is 1. The number of likely N-dealkylation sites (N-methyl/N-ethyl adjacent to an activating group) is 1.